The number of rotatable bonds is 34. The van der Waals surface area contributed by atoms with Gasteiger partial charge in [-0.15, -0.1) is 0 Å². The smallest absolute Gasteiger partial charge is 0.220 e. The Labute approximate surface area is 340 Å². The highest BCUT2D eigenvalue weighted by atomic mass is 16.7. The topological polar surface area (TPSA) is 149 Å². The Bertz CT molecular complexity index is 1140. The predicted octanol–water partition coefficient (Wildman–Crippen LogP) is 8.77. The first-order valence-corrected chi connectivity index (χ1v) is 21.8. The summed E-state index contributed by atoms with van der Waals surface area (Å²) in [7, 11) is 0. The van der Waals surface area contributed by atoms with Crippen molar-refractivity contribution in [2.24, 2.45) is 0 Å². The van der Waals surface area contributed by atoms with Crippen molar-refractivity contribution >= 4 is 5.91 Å². The van der Waals surface area contributed by atoms with Crippen molar-refractivity contribution < 1.29 is 39.8 Å². The quantitative estimate of drug-likeness (QED) is 0.0280. The van der Waals surface area contributed by atoms with E-state index in [9.17, 15) is 30.3 Å². The second-order valence-electron chi connectivity index (χ2n) is 14.7. The minimum absolute atomic E-state index is 0.229. The lowest BCUT2D eigenvalue weighted by Gasteiger charge is -2.40. The van der Waals surface area contributed by atoms with E-state index in [0.717, 1.165) is 57.8 Å². The number of carbonyl (C=O) groups excluding carboxylic acids is 1. The molecule has 0 aromatic carbocycles. The van der Waals surface area contributed by atoms with Crippen LogP contribution in [-0.4, -0.2) is 87.5 Å². The zero-order valence-electron chi connectivity index (χ0n) is 34.8. The molecular weight excluding hydrogens is 707 g/mol. The molecular formula is C47H79NO8. The van der Waals surface area contributed by atoms with Crippen LogP contribution in [-0.2, 0) is 14.3 Å². The van der Waals surface area contributed by atoms with Gasteiger partial charge in [-0.2, -0.15) is 0 Å². The number of hydrogen-bond donors (Lipinski definition) is 6. The van der Waals surface area contributed by atoms with E-state index in [1.54, 1.807) is 6.08 Å². The van der Waals surface area contributed by atoms with E-state index in [1.165, 1.54) is 64.2 Å². The van der Waals surface area contributed by atoms with Gasteiger partial charge in [0.1, 0.15) is 24.4 Å². The molecule has 0 spiro atoms. The van der Waals surface area contributed by atoms with Gasteiger partial charge in [-0.3, -0.25) is 4.79 Å². The molecule has 1 aliphatic rings. The van der Waals surface area contributed by atoms with Crippen LogP contribution in [0.15, 0.2) is 85.1 Å². The van der Waals surface area contributed by atoms with E-state index in [0.29, 0.717) is 6.42 Å². The summed E-state index contributed by atoms with van der Waals surface area (Å²) in [5.41, 5.74) is 0. The molecule has 1 heterocycles. The van der Waals surface area contributed by atoms with Gasteiger partial charge in [-0.25, -0.2) is 0 Å². The fourth-order valence-corrected chi connectivity index (χ4v) is 6.20. The molecule has 1 amide bonds. The maximum atomic E-state index is 12.9. The molecule has 0 radical (unpaired) electrons. The van der Waals surface area contributed by atoms with Crippen LogP contribution in [0.2, 0.25) is 0 Å². The van der Waals surface area contributed by atoms with Crippen molar-refractivity contribution in [3.63, 3.8) is 0 Å². The Morgan fingerprint density at radius 2 is 1.12 bits per heavy atom. The largest absolute Gasteiger partial charge is 0.394 e. The summed E-state index contributed by atoms with van der Waals surface area (Å²) in [6.45, 7) is 3.58. The first-order chi connectivity index (χ1) is 27.3. The van der Waals surface area contributed by atoms with Crippen LogP contribution < -0.4 is 5.32 Å². The Morgan fingerprint density at radius 3 is 1.71 bits per heavy atom. The first-order valence-electron chi connectivity index (χ1n) is 21.8. The van der Waals surface area contributed by atoms with Crippen LogP contribution in [0.5, 0.6) is 0 Å². The highest BCUT2D eigenvalue weighted by Crippen LogP contribution is 2.22. The SMILES string of the molecule is CC/C=C\C/C=C\C/C=C\C/C=C\C/C=C\CCCC(=O)NC(COC1OC(CO)C(O)C(O)C1O)C(O)/C=C/CC/C=C/CCCCCCCCCCCC. The van der Waals surface area contributed by atoms with Crippen molar-refractivity contribution in [3.8, 4) is 0 Å². The average Bonchev–Trinajstić information content (AvgIpc) is 3.20. The van der Waals surface area contributed by atoms with Gasteiger partial charge in [0.2, 0.25) is 5.91 Å². The van der Waals surface area contributed by atoms with Crippen LogP contribution in [0, 0.1) is 0 Å². The number of amides is 1. The normalized spacial score (nSPS) is 22.0. The molecule has 1 saturated heterocycles. The maximum absolute atomic E-state index is 12.9. The Kier molecular flexibility index (Phi) is 33.7. The van der Waals surface area contributed by atoms with E-state index < -0.39 is 49.5 Å². The standard InChI is InChI=1S/C47H79NO8/c1-3-5-7-9-11-13-15-17-19-21-23-25-27-29-31-33-35-37-43(51)48-40(39-55-47-46(54)45(53)44(52)42(38-49)56-47)41(50)36-34-32-30-28-26-24-22-20-18-16-14-12-10-8-6-4-2/h5,7,11,13,17,19,23,25-26,28-29,31,34,36,40-42,44-47,49-50,52-54H,3-4,6,8-10,12,14-16,18,20-22,24,27,30,32-33,35,37-39H2,1-2H3,(H,48,51)/b7-5-,13-11-,19-17-,25-23-,28-26+,31-29-,36-34+. The number of allylic oxidation sites excluding steroid dienone is 13. The minimum Gasteiger partial charge on any atom is -0.394 e. The maximum Gasteiger partial charge on any atom is 0.220 e. The van der Waals surface area contributed by atoms with Crippen LogP contribution in [0.4, 0.5) is 0 Å². The zero-order valence-corrected chi connectivity index (χ0v) is 34.8. The number of ether oxygens (including phenoxy) is 2. The van der Waals surface area contributed by atoms with Crippen LogP contribution in [0.3, 0.4) is 0 Å². The van der Waals surface area contributed by atoms with E-state index in [2.05, 4.69) is 92.1 Å². The molecule has 0 saturated carbocycles. The Hall–Kier alpha value is -2.63. The van der Waals surface area contributed by atoms with Gasteiger partial charge < -0.3 is 40.3 Å². The van der Waals surface area contributed by atoms with Gasteiger partial charge in [0.25, 0.3) is 0 Å². The molecule has 9 nitrogen and oxygen atoms in total. The Balaban J connectivity index is 2.48. The Morgan fingerprint density at radius 1 is 0.625 bits per heavy atom. The molecule has 6 N–H and O–H groups in total. The summed E-state index contributed by atoms with van der Waals surface area (Å²) in [5.74, 6) is -0.248. The summed E-state index contributed by atoms with van der Waals surface area (Å²) in [6.07, 6.45) is 43.4. The lowest BCUT2D eigenvalue weighted by atomic mass is 9.99. The summed E-state index contributed by atoms with van der Waals surface area (Å²) in [5, 5.41) is 54.0. The van der Waals surface area contributed by atoms with Crippen molar-refractivity contribution in [1.82, 2.24) is 5.32 Å². The second-order valence-corrected chi connectivity index (χ2v) is 14.7. The van der Waals surface area contributed by atoms with Gasteiger partial charge >= 0.3 is 0 Å². The predicted molar refractivity (Wildman–Crippen MR) is 230 cm³/mol. The molecule has 1 rings (SSSR count). The molecule has 0 aromatic rings. The first kappa shape index (κ1) is 51.4. The fourth-order valence-electron chi connectivity index (χ4n) is 6.20. The number of hydrogen-bond acceptors (Lipinski definition) is 8. The van der Waals surface area contributed by atoms with Crippen LogP contribution in [0.25, 0.3) is 0 Å². The van der Waals surface area contributed by atoms with Crippen molar-refractivity contribution in [3.05, 3.63) is 85.1 Å². The van der Waals surface area contributed by atoms with E-state index >= 15 is 0 Å². The molecule has 7 atom stereocenters. The molecule has 1 aliphatic heterocycles. The molecule has 0 aliphatic carbocycles. The summed E-state index contributed by atoms with van der Waals surface area (Å²) in [4.78, 5) is 12.9. The van der Waals surface area contributed by atoms with E-state index in [4.69, 9.17) is 9.47 Å². The average molecular weight is 786 g/mol. The zero-order chi connectivity index (χ0) is 40.9. The molecule has 320 valence electrons. The third-order valence-electron chi connectivity index (χ3n) is 9.70. The minimum atomic E-state index is -1.59. The number of aliphatic hydroxyl groups excluding tert-OH is 5. The highest BCUT2D eigenvalue weighted by Gasteiger charge is 2.44. The number of carbonyl (C=O) groups is 1. The third kappa shape index (κ3) is 27.1. The second kappa shape index (κ2) is 36.7. The van der Waals surface area contributed by atoms with Crippen molar-refractivity contribution in [2.45, 2.75) is 192 Å². The summed E-state index contributed by atoms with van der Waals surface area (Å²) >= 11 is 0. The summed E-state index contributed by atoms with van der Waals surface area (Å²) in [6, 6.07) is -0.855. The van der Waals surface area contributed by atoms with E-state index in [-0.39, 0.29) is 18.9 Å². The fraction of sp³-hybridized carbons (Fsp3) is 0.681. The third-order valence-corrected chi connectivity index (χ3v) is 9.70. The van der Waals surface area contributed by atoms with Crippen LogP contribution >= 0.6 is 0 Å². The molecule has 9 heteroatoms. The number of nitrogens with one attached hydrogen (secondary N) is 1. The van der Waals surface area contributed by atoms with E-state index in [1.807, 2.05) is 6.08 Å². The number of aliphatic hydroxyl groups is 5. The van der Waals surface area contributed by atoms with Crippen molar-refractivity contribution in [2.75, 3.05) is 13.2 Å². The molecule has 7 unspecified atom stereocenters. The van der Waals surface area contributed by atoms with Gasteiger partial charge in [0.05, 0.1) is 25.4 Å². The molecule has 56 heavy (non-hydrogen) atoms. The van der Waals surface area contributed by atoms with Crippen LogP contribution in [0.1, 0.15) is 149 Å². The number of unbranched alkanes of at least 4 members (excludes halogenated alkanes) is 12. The highest BCUT2D eigenvalue weighted by molar-refractivity contribution is 5.76. The lowest BCUT2D eigenvalue weighted by Crippen LogP contribution is -2.60. The van der Waals surface area contributed by atoms with Gasteiger partial charge in [-0.1, -0.05) is 157 Å². The molecule has 0 bridgehead atoms. The van der Waals surface area contributed by atoms with Gasteiger partial charge in [0, 0.05) is 6.42 Å². The summed E-state index contributed by atoms with van der Waals surface area (Å²) < 4.78 is 11.2. The molecule has 0 aromatic heterocycles. The van der Waals surface area contributed by atoms with Crippen molar-refractivity contribution in [1.29, 1.82) is 0 Å². The lowest BCUT2D eigenvalue weighted by molar-refractivity contribution is -0.302. The van der Waals surface area contributed by atoms with Gasteiger partial charge in [0.15, 0.2) is 6.29 Å². The molecule has 1 fully saturated rings. The monoisotopic (exact) mass is 786 g/mol. The van der Waals surface area contributed by atoms with Gasteiger partial charge in [-0.05, 0) is 70.6 Å².